The van der Waals surface area contributed by atoms with Crippen LogP contribution < -0.4 is 0 Å². The lowest BCUT2D eigenvalue weighted by atomic mass is 10.1. The second-order valence-electron chi connectivity index (χ2n) is 4.98. The average molecular weight is 409 g/mol. The molecule has 1 aromatic carbocycles. The Morgan fingerprint density at radius 1 is 1.30 bits per heavy atom. The normalized spacial score (nSPS) is 10.9. The highest BCUT2D eigenvalue weighted by Crippen LogP contribution is 2.26. The SMILES string of the molecule is Cc1ccc(C)c(-n2nnnc2SCC(=O)c2ccc(Br)s2)c1. The summed E-state index contributed by atoms with van der Waals surface area (Å²) in [5, 5.41) is 12.5. The number of thioether (sulfide) groups is 1. The molecule has 0 radical (unpaired) electrons. The average Bonchev–Trinajstić information content (AvgIpc) is 3.16. The molecule has 0 fully saturated rings. The van der Waals surface area contributed by atoms with Crippen LogP contribution in [0.5, 0.6) is 0 Å². The van der Waals surface area contributed by atoms with Crippen molar-refractivity contribution in [1.29, 1.82) is 0 Å². The van der Waals surface area contributed by atoms with E-state index in [1.807, 2.05) is 44.2 Å². The standard InChI is InChI=1S/C15H13BrN4OS2/c1-9-3-4-10(2)11(7-9)20-15(17-18-19-20)22-8-12(21)13-5-6-14(16)23-13/h3-7H,8H2,1-2H3. The van der Waals surface area contributed by atoms with E-state index < -0.39 is 0 Å². The topological polar surface area (TPSA) is 60.7 Å². The smallest absolute Gasteiger partial charge is 0.214 e. The number of hydrogen-bond acceptors (Lipinski definition) is 6. The molecule has 0 aliphatic rings. The zero-order valence-electron chi connectivity index (χ0n) is 12.5. The second-order valence-corrected chi connectivity index (χ2v) is 8.38. The van der Waals surface area contributed by atoms with Gasteiger partial charge in [-0.2, -0.15) is 4.68 Å². The van der Waals surface area contributed by atoms with E-state index >= 15 is 0 Å². The number of halogens is 1. The van der Waals surface area contributed by atoms with Crippen LogP contribution in [0.15, 0.2) is 39.3 Å². The van der Waals surface area contributed by atoms with Crippen molar-refractivity contribution in [3.63, 3.8) is 0 Å². The number of benzene rings is 1. The van der Waals surface area contributed by atoms with Crippen LogP contribution in [0.1, 0.15) is 20.8 Å². The van der Waals surface area contributed by atoms with Crippen molar-refractivity contribution in [1.82, 2.24) is 20.2 Å². The third kappa shape index (κ3) is 3.70. The molecule has 0 bridgehead atoms. The number of carbonyl (C=O) groups excluding carboxylic acids is 1. The molecule has 0 unspecified atom stereocenters. The first-order valence-corrected chi connectivity index (χ1v) is 9.41. The number of carbonyl (C=O) groups is 1. The fourth-order valence-corrected chi connectivity index (χ4v) is 4.22. The van der Waals surface area contributed by atoms with Crippen molar-refractivity contribution >= 4 is 44.8 Å². The van der Waals surface area contributed by atoms with E-state index in [2.05, 4.69) is 31.5 Å². The Labute approximate surface area is 150 Å². The van der Waals surface area contributed by atoms with Gasteiger partial charge in [0.05, 0.1) is 20.1 Å². The van der Waals surface area contributed by atoms with E-state index in [1.54, 1.807) is 4.68 Å². The molecular weight excluding hydrogens is 396 g/mol. The summed E-state index contributed by atoms with van der Waals surface area (Å²) in [5.41, 5.74) is 3.15. The number of tetrazole rings is 1. The Kier molecular flexibility index (Phi) is 4.93. The van der Waals surface area contributed by atoms with E-state index in [9.17, 15) is 4.79 Å². The van der Waals surface area contributed by atoms with Gasteiger partial charge in [0.1, 0.15) is 0 Å². The number of ketones is 1. The molecule has 0 aliphatic carbocycles. The van der Waals surface area contributed by atoms with Gasteiger partial charge in [0.2, 0.25) is 5.16 Å². The molecule has 5 nitrogen and oxygen atoms in total. The quantitative estimate of drug-likeness (QED) is 0.470. The van der Waals surface area contributed by atoms with Crippen LogP contribution in [0.3, 0.4) is 0 Å². The molecule has 3 aromatic rings. The van der Waals surface area contributed by atoms with E-state index in [-0.39, 0.29) is 5.78 Å². The van der Waals surface area contributed by atoms with Crippen LogP contribution in [0.4, 0.5) is 0 Å². The highest BCUT2D eigenvalue weighted by atomic mass is 79.9. The molecule has 0 spiro atoms. The monoisotopic (exact) mass is 408 g/mol. The van der Waals surface area contributed by atoms with Gasteiger partial charge in [0.25, 0.3) is 0 Å². The first-order valence-electron chi connectivity index (χ1n) is 6.82. The lowest BCUT2D eigenvalue weighted by Crippen LogP contribution is -2.05. The minimum Gasteiger partial charge on any atom is -0.292 e. The van der Waals surface area contributed by atoms with Gasteiger partial charge in [0.15, 0.2) is 5.78 Å². The Hall–Kier alpha value is -1.51. The number of aryl methyl sites for hydroxylation is 2. The van der Waals surface area contributed by atoms with Crippen LogP contribution in [-0.4, -0.2) is 31.7 Å². The predicted molar refractivity (Wildman–Crippen MR) is 95.7 cm³/mol. The van der Waals surface area contributed by atoms with Crippen molar-refractivity contribution in [3.8, 4) is 5.69 Å². The van der Waals surface area contributed by atoms with Crippen molar-refractivity contribution in [2.24, 2.45) is 0 Å². The number of hydrogen-bond donors (Lipinski definition) is 0. The zero-order valence-corrected chi connectivity index (χ0v) is 15.7. The molecule has 118 valence electrons. The molecule has 3 rings (SSSR count). The highest BCUT2D eigenvalue weighted by molar-refractivity contribution is 9.11. The minimum absolute atomic E-state index is 0.0706. The lowest BCUT2D eigenvalue weighted by Gasteiger charge is -2.08. The Morgan fingerprint density at radius 2 is 2.13 bits per heavy atom. The molecule has 0 aliphatic heterocycles. The molecule has 0 amide bonds. The number of rotatable bonds is 5. The minimum atomic E-state index is 0.0706. The summed E-state index contributed by atoms with van der Waals surface area (Å²) in [5.74, 6) is 0.374. The zero-order chi connectivity index (χ0) is 16.4. The maximum atomic E-state index is 12.2. The molecule has 2 heterocycles. The molecule has 23 heavy (non-hydrogen) atoms. The Balaban J connectivity index is 1.79. The molecule has 8 heteroatoms. The summed E-state index contributed by atoms with van der Waals surface area (Å²) in [6.45, 7) is 4.04. The van der Waals surface area contributed by atoms with E-state index in [4.69, 9.17) is 0 Å². The first-order chi connectivity index (χ1) is 11.0. The van der Waals surface area contributed by atoms with Gasteiger partial charge in [-0.25, -0.2) is 0 Å². The number of nitrogens with zero attached hydrogens (tertiary/aromatic N) is 4. The molecule has 0 atom stereocenters. The Bertz CT molecular complexity index is 859. The van der Waals surface area contributed by atoms with E-state index in [0.717, 1.165) is 25.5 Å². The molecular formula is C15H13BrN4OS2. The summed E-state index contributed by atoms with van der Waals surface area (Å²) in [7, 11) is 0. The summed E-state index contributed by atoms with van der Waals surface area (Å²) >= 11 is 6.15. The lowest BCUT2D eigenvalue weighted by molar-refractivity contribution is 0.102. The van der Waals surface area contributed by atoms with Crippen LogP contribution in [0.25, 0.3) is 5.69 Å². The number of Topliss-reactive ketones (excluding diaryl/α,β-unsaturated/α-hetero) is 1. The van der Waals surface area contributed by atoms with Crippen LogP contribution in [-0.2, 0) is 0 Å². The van der Waals surface area contributed by atoms with Crippen LogP contribution in [0, 0.1) is 13.8 Å². The molecule has 0 saturated heterocycles. The predicted octanol–water partition coefficient (Wildman–Crippen LogP) is 4.08. The van der Waals surface area contributed by atoms with Gasteiger partial charge in [0, 0.05) is 0 Å². The van der Waals surface area contributed by atoms with Crippen LogP contribution >= 0.6 is 39.0 Å². The van der Waals surface area contributed by atoms with Gasteiger partial charge in [-0.1, -0.05) is 23.9 Å². The summed E-state index contributed by atoms with van der Waals surface area (Å²) in [4.78, 5) is 12.9. The largest absolute Gasteiger partial charge is 0.292 e. The summed E-state index contributed by atoms with van der Waals surface area (Å²) in [6.07, 6.45) is 0. The van der Waals surface area contributed by atoms with Crippen molar-refractivity contribution in [2.75, 3.05) is 5.75 Å². The van der Waals surface area contributed by atoms with Gasteiger partial charge in [-0.3, -0.25) is 4.79 Å². The van der Waals surface area contributed by atoms with Gasteiger partial charge in [-0.15, -0.1) is 16.4 Å². The fourth-order valence-electron chi connectivity index (χ4n) is 2.03. The third-order valence-corrected chi connectivity index (χ3v) is 5.80. The van der Waals surface area contributed by atoms with E-state index in [1.165, 1.54) is 23.1 Å². The van der Waals surface area contributed by atoms with E-state index in [0.29, 0.717) is 10.9 Å². The van der Waals surface area contributed by atoms with Crippen molar-refractivity contribution in [2.45, 2.75) is 19.0 Å². The van der Waals surface area contributed by atoms with Crippen molar-refractivity contribution in [3.05, 3.63) is 50.1 Å². The maximum absolute atomic E-state index is 12.2. The van der Waals surface area contributed by atoms with Gasteiger partial charge >= 0.3 is 0 Å². The first kappa shape index (κ1) is 16.4. The molecule has 0 saturated carbocycles. The highest BCUT2D eigenvalue weighted by Gasteiger charge is 2.15. The third-order valence-electron chi connectivity index (χ3n) is 3.21. The van der Waals surface area contributed by atoms with Crippen LogP contribution in [0.2, 0.25) is 0 Å². The molecule has 0 N–H and O–H groups in total. The van der Waals surface area contributed by atoms with Crippen molar-refractivity contribution < 1.29 is 4.79 Å². The molecule has 2 aromatic heterocycles. The van der Waals surface area contributed by atoms with Gasteiger partial charge < -0.3 is 0 Å². The fraction of sp³-hybridized carbons (Fsp3) is 0.200. The second kappa shape index (κ2) is 6.94. The Morgan fingerprint density at radius 3 is 2.87 bits per heavy atom. The van der Waals surface area contributed by atoms with Gasteiger partial charge in [-0.05, 0) is 69.5 Å². The maximum Gasteiger partial charge on any atom is 0.214 e. The summed E-state index contributed by atoms with van der Waals surface area (Å²) in [6, 6.07) is 9.82. The number of thiophene rings is 1. The number of aromatic nitrogens is 4. The summed E-state index contributed by atoms with van der Waals surface area (Å²) < 4.78 is 2.64.